The maximum absolute atomic E-state index is 13.9. The summed E-state index contributed by atoms with van der Waals surface area (Å²) in [5.74, 6) is -5.07. The zero-order chi connectivity index (χ0) is 49.3. The first kappa shape index (κ1) is 51.5. The summed E-state index contributed by atoms with van der Waals surface area (Å²) >= 11 is 0. The van der Waals surface area contributed by atoms with Crippen LogP contribution in [0, 0.1) is 0 Å². The van der Waals surface area contributed by atoms with Gasteiger partial charge in [-0.15, -0.1) is 0 Å². The molecule has 14 atom stereocenters. The van der Waals surface area contributed by atoms with E-state index < -0.39 is 138 Å². The molecule has 6 rings (SSSR count). The highest BCUT2D eigenvalue weighted by molar-refractivity contribution is 7.89. The molecule has 3 aromatic rings. The smallest absolute Gasteiger partial charge is 0.338 e. The topological polar surface area (TPSA) is 319 Å². The fraction of sp³-hybridized carbons (Fsp3) is 0.467. The van der Waals surface area contributed by atoms with Gasteiger partial charge in [-0.1, -0.05) is 54.6 Å². The normalized spacial score (nSPS) is 30.3. The van der Waals surface area contributed by atoms with Crippen molar-refractivity contribution in [2.45, 2.75) is 125 Å². The van der Waals surface area contributed by atoms with Gasteiger partial charge in [-0.25, -0.2) is 22.7 Å². The molecule has 14 unspecified atom stereocenters. The number of ether oxygens (including phenoxy) is 10. The molecule has 0 bridgehead atoms. The summed E-state index contributed by atoms with van der Waals surface area (Å²) in [6.45, 7) is 3.46. The third-order valence-corrected chi connectivity index (χ3v) is 12.5. The van der Waals surface area contributed by atoms with Crippen molar-refractivity contribution < 1.29 is 84.6 Å². The molecule has 3 aromatic carbocycles. The maximum Gasteiger partial charge on any atom is 0.338 e. The van der Waals surface area contributed by atoms with E-state index >= 15 is 0 Å². The zero-order valence-electron chi connectivity index (χ0n) is 37.4. The Bertz CT molecular complexity index is 2350. The SMILES string of the molecule is CC(=O)OCC1OC(OC2C(N)CC(NS(=O)(=O)c3ccccc3)C(OC(C)=O)C2OC2OC(CN)C(OC(=O)c3ccccc3)C2OC(=O)c2ccccc2)C(N)C(OC(C)=O)C1OC(C)=O. The van der Waals surface area contributed by atoms with Crippen molar-refractivity contribution in [2.24, 2.45) is 17.2 Å². The van der Waals surface area contributed by atoms with E-state index in [0.717, 1.165) is 27.7 Å². The van der Waals surface area contributed by atoms with E-state index in [4.69, 9.17) is 64.6 Å². The minimum Gasteiger partial charge on any atom is -0.463 e. The van der Waals surface area contributed by atoms with Crippen molar-refractivity contribution >= 4 is 45.8 Å². The van der Waals surface area contributed by atoms with Crippen molar-refractivity contribution in [1.82, 2.24) is 4.72 Å². The molecule has 1 aliphatic carbocycles. The first-order valence-electron chi connectivity index (χ1n) is 21.4. The van der Waals surface area contributed by atoms with Gasteiger partial charge in [0, 0.05) is 40.3 Å². The molecule has 0 amide bonds. The fourth-order valence-corrected chi connectivity index (χ4v) is 9.31. The molecular formula is C45H54N4O18S. The Hall–Kier alpha value is -5.89. The lowest BCUT2D eigenvalue weighted by molar-refractivity contribution is -0.313. The summed E-state index contributed by atoms with van der Waals surface area (Å²) in [6, 6.07) is 18.8. The molecule has 23 heteroatoms. The van der Waals surface area contributed by atoms with E-state index in [-0.39, 0.29) is 29.0 Å². The molecule has 3 fully saturated rings. The molecule has 0 radical (unpaired) electrons. The van der Waals surface area contributed by atoms with Gasteiger partial charge in [0.15, 0.2) is 37.0 Å². The third-order valence-electron chi connectivity index (χ3n) is 11.0. The van der Waals surface area contributed by atoms with Crippen LogP contribution >= 0.6 is 0 Å². The highest BCUT2D eigenvalue weighted by atomic mass is 32.2. The molecule has 2 saturated heterocycles. The maximum atomic E-state index is 13.9. The number of hydrogen-bond acceptors (Lipinski definition) is 21. The van der Waals surface area contributed by atoms with E-state index in [0.29, 0.717) is 0 Å². The van der Waals surface area contributed by atoms with Crippen LogP contribution in [-0.4, -0.2) is 143 Å². The summed E-state index contributed by atoms with van der Waals surface area (Å²) in [5, 5.41) is 0. The van der Waals surface area contributed by atoms with E-state index in [1.165, 1.54) is 48.5 Å². The monoisotopic (exact) mass is 970 g/mol. The van der Waals surface area contributed by atoms with Crippen molar-refractivity contribution in [3.05, 3.63) is 102 Å². The van der Waals surface area contributed by atoms with Crippen LogP contribution in [0.15, 0.2) is 95.9 Å². The van der Waals surface area contributed by atoms with Gasteiger partial charge in [-0.2, -0.15) is 0 Å². The average molecular weight is 971 g/mol. The van der Waals surface area contributed by atoms with Gasteiger partial charge in [-0.05, 0) is 42.8 Å². The van der Waals surface area contributed by atoms with Crippen LogP contribution in [-0.2, 0) is 76.6 Å². The second-order valence-corrected chi connectivity index (χ2v) is 17.8. The van der Waals surface area contributed by atoms with Crippen LogP contribution in [0.3, 0.4) is 0 Å². The molecule has 1 saturated carbocycles. The number of esters is 6. The van der Waals surface area contributed by atoms with Crippen molar-refractivity contribution in [3.8, 4) is 0 Å². The van der Waals surface area contributed by atoms with Gasteiger partial charge in [-0.3, -0.25) is 19.2 Å². The summed E-state index contributed by atoms with van der Waals surface area (Å²) in [4.78, 5) is 77.0. The van der Waals surface area contributed by atoms with Crippen LogP contribution in [0.5, 0.6) is 0 Å². The predicted octanol–water partition coefficient (Wildman–Crippen LogP) is 0.380. The number of nitrogens with two attached hydrogens (primary N) is 3. The predicted molar refractivity (Wildman–Crippen MR) is 232 cm³/mol. The Labute approximate surface area is 391 Å². The van der Waals surface area contributed by atoms with E-state index in [1.807, 2.05) is 0 Å². The molecule has 368 valence electrons. The fourth-order valence-electron chi connectivity index (χ4n) is 8.03. The van der Waals surface area contributed by atoms with Gasteiger partial charge in [0.05, 0.1) is 28.1 Å². The lowest BCUT2D eigenvalue weighted by Gasteiger charge is -2.49. The summed E-state index contributed by atoms with van der Waals surface area (Å²) in [5.41, 5.74) is 19.9. The Balaban J connectivity index is 1.44. The first-order chi connectivity index (χ1) is 32.4. The highest BCUT2D eigenvalue weighted by Crippen LogP contribution is 2.37. The molecule has 2 aliphatic heterocycles. The number of sulfonamides is 1. The Kier molecular flexibility index (Phi) is 17.4. The molecular weight excluding hydrogens is 917 g/mol. The minimum absolute atomic E-state index is 0.0887. The Morgan fingerprint density at radius 2 is 1.04 bits per heavy atom. The number of rotatable bonds is 17. The number of carbonyl (C=O) groups excluding carboxylic acids is 6. The van der Waals surface area contributed by atoms with Crippen LogP contribution in [0.25, 0.3) is 0 Å². The zero-order valence-corrected chi connectivity index (χ0v) is 38.2. The number of carbonyl (C=O) groups is 6. The molecule has 2 heterocycles. The van der Waals surface area contributed by atoms with Gasteiger partial charge in [0.1, 0.15) is 37.1 Å². The van der Waals surface area contributed by atoms with Crippen LogP contribution in [0.1, 0.15) is 54.8 Å². The minimum atomic E-state index is -4.37. The van der Waals surface area contributed by atoms with Gasteiger partial charge < -0.3 is 64.6 Å². The van der Waals surface area contributed by atoms with Crippen molar-refractivity contribution in [3.63, 3.8) is 0 Å². The Morgan fingerprint density at radius 3 is 1.57 bits per heavy atom. The quantitative estimate of drug-likeness (QED) is 0.105. The van der Waals surface area contributed by atoms with Crippen LogP contribution in [0.4, 0.5) is 0 Å². The largest absolute Gasteiger partial charge is 0.463 e. The van der Waals surface area contributed by atoms with Crippen molar-refractivity contribution in [2.75, 3.05) is 13.2 Å². The molecule has 0 spiro atoms. The van der Waals surface area contributed by atoms with E-state index in [1.54, 1.807) is 42.5 Å². The number of nitrogens with one attached hydrogen (secondary N) is 1. The molecule has 3 aliphatic rings. The lowest BCUT2D eigenvalue weighted by Crippen LogP contribution is -2.69. The second kappa shape index (κ2) is 22.9. The molecule has 68 heavy (non-hydrogen) atoms. The first-order valence-corrected chi connectivity index (χ1v) is 22.9. The van der Waals surface area contributed by atoms with Gasteiger partial charge >= 0.3 is 35.8 Å². The third kappa shape index (κ3) is 12.8. The van der Waals surface area contributed by atoms with Gasteiger partial charge in [0.25, 0.3) is 0 Å². The van der Waals surface area contributed by atoms with Gasteiger partial charge in [0.2, 0.25) is 10.0 Å². The Morgan fingerprint density at radius 1 is 0.574 bits per heavy atom. The number of hydrogen-bond donors (Lipinski definition) is 4. The molecule has 7 N–H and O–H groups in total. The van der Waals surface area contributed by atoms with Crippen molar-refractivity contribution in [1.29, 1.82) is 0 Å². The standard InChI is InChI=1S/C45H54N4O18S/c1-23(50)58-22-33-38(60-25(3)52)39(61-26(4)53)34(48)44(63-33)66-35-30(47)20-31(49-68(56,57)29-18-12-7-13-19-29)36(59-24(2)51)40(35)67-45-41(65-43(55)28-16-10-6-11-17-28)37(32(21-46)62-45)64-42(54)27-14-8-5-9-15-27/h5-19,30-41,44-45,49H,20-22,46-48H2,1-4H3. The summed E-state index contributed by atoms with van der Waals surface area (Å²) < 4.78 is 90.0. The van der Waals surface area contributed by atoms with E-state index in [2.05, 4.69) is 4.72 Å². The molecule has 22 nitrogen and oxygen atoms in total. The average Bonchev–Trinajstić information content (AvgIpc) is 3.62. The van der Waals surface area contributed by atoms with Crippen LogP contribution in [0.2, 0.25) is 0 Å². The second-order valence-electron chi connectivity index (χ2n) is 16.0. The summed E-state index contributed by atoms with van der Waals surface area (Å²) in [6.07, 6.45) is -17.3. The molecule has 0 aromatic heterocycles. The highest BCUT2D eigenvalue weighted by Gasteiger charge is 2.57. The summed E-state index contributed by atoms with van der Waals surface area (Å²) in [7, 11) is -4.37. The number of benzene rings is 3. The van der Waals surface area contributed by atoms with Crippen LogP contribution < -0.4 is 21.9 Å². The lowest BCUT2D eigenvalue weighted by atomic mass is 9.84. The van der Waals surface area contributed by atoms with E-state index in [9.17, 15) is 37.2 Å².